The molecule has 0 spiro atoms. The van der Waals surface area contributed by atoms with Gasteiger partial charge in [-0.05, 0) is 63.2 Å². The fourth-order valence-electron chi connectivity index (χ4n) is 4.44. The Morgan fingerprint density at radius 3 is 2.58 bits per heavy atom. The van der Waals surface area contributed by atoms with Gasteiger partial charge in [-0.1, -0.05) is 37.1 Å². The fraction of sp³-hybridized carbons (Fsp3) is 0.480. The normalized spacial score (nSPS) is 15.8. The fourth-order valence-corrected chi connectivity index (χ4v) is 4.44. The van der Waals surface area contributed by atoms with Crippen molar-refractivity contribution in [1.29, 1.82) is 0 Å². The molecule has 1 aliphatic rings. The molecule has 8 heteroatoms. The third-order valence-electron chi connectivity index (χ3n) is 6.53. The zero-order chi connectivity index (χ0) is 24.2. The van der Waals surface area contributed by atoms with Gasteiger partial charge in [0.25, 0.3) is 0 Å². The highest BCUT2D eigenvalue weighted by atomic mass is 16.4. The number of carboxylic acids is 1. The van der Waals surface area contributed by atoms with Gasteiger partial charge in [0, 0.05) is 24.3 Å². The zero-order valence-electron chi connectivity index (χ0n) is 19.9. The molecule has 33 heavy (non-hydrogen) atoms. The number of pyridine rings is 1. The van der Waals surface area contributed by atoms with E-state index in [4.69, 9.17) is 0 Å². The maximum absolute atomic E-state index is 13.0. The average Bonchev–Trinajstić information content (AvgIpc) is 3.29. The van der Waals surface area contributed by atoms with Crippen molar-refractivity contribution >= 4 is 41.6 Å². The van der Waals surface area contributed by atoms with Gasteiger partial charge in [0.15, 0.2) is 0 Å². The number of allylic oxidation sites excluding steroid dienone is 1. The summed E-state index contributed by atoms with van der Waals surface area (Å²) in [4.78, 5) is 29.5. The Morgan fingerprint density at radius 1 is 1.27 bits per heavy atom. The second-order valence-electron chi connectivity index (χ2n) is 9.66. The first-order chi connectivity index (χ1) is 15.6. The number of nitrogens with one attached hydrogen (secondary N) is 1. The molecule has 1 fully saturated rings. The Hall–Kier alpha value is -2.71. The molecule has 0 saturated heterocycles. The molecule has 176 valence electrons. The van der Waals surface area contributed by atoms with Gasteiger partial charge in [-0.3, -0.25) is 9.59 Å². The van der Waals surface area contributed by atoms with E-state index >= 15 is 0 Å². The average molecular weight is 451 g/mol. The van der Waals surface area contributed by atoms with Crippen molar-refractivity contribution in [3.05, 3.63) is 42.0 Å². The molecule has 0 amide bonds. The number of Topliss-reactive ketones (excluding diaryl/α,β-unsaturated/α-hetero) is 1. The van der Waals surface area contributed by atoms with Crippen molar-refractivity contribution in [2.75, 3.05) is 12.1 Å². The predicted octanol–water partition coefficient (Wildman–Crippen LogP) is 4.18. The lowest BCUT2D eigenvalue weighted by atomic mass is 9.78. The molecule has 1 aromatic carbocycles. The zero-order valence-corrected chi connectivity index (χ0v) is 19.9. The summed E-state index contributed by atoms with van der Waals surface area (Å²) in [5, 5.41) is 24.7. The molecule has 0 radical (unpaired) electrons. The molecule has 1 saturated carbocycles. The summed E-state index contributed by atoms with van der Waals surface area (Å²) in [5.74, 6) is -0.727. The first-order valence-electron chi connectivity index (χ1n) is 11.6. The summed E-state index contributed by atoms with van der Waals surface area (Å²) in [7, 11) is 1.09. The number of hydrogen-bond donors (Lipinski definition) is 3. The van der Waals surface area contributed by atoms with Crippen LogP contribution in [0.25, 0.3) is 17.0 Å². The summed E-state index contributed by atoms with van der Waals surface area (Å²) in [6.45, 7) is 5.32. The van der Waals surface area contributed by atoms with E-state index in [1.807, 2.05) is 56.3 Å². The molecule has 3 rings (SSSR count). The van der Waals surface area contributed by atoms with E-state index in [0.29, 0.717) is 5.82 Å². The smallest absolute Gasteiger partial charge is 0.392 e. The predicted molar refractivity (Wildman–Crippen MR) is 133 cm³/mol. The number of carboxylic acid groups (broad SMARTS) is 1. The van der Waals surface area contributed by atoms with Crippen LogP contribution in [0.15, 0.2) is 36.4 Å². The molecule has 1 aliphatic carbocycles. The van der Waals surface area contributed by atoms with E-state index in [0.717, 1.165) is 42.1 Å². The summed E-state index contributed by atoms with van der Waals surface area (Å²) in [5.41, 5.74) is 0.938. The van der Waals surface area contributed by atoms with E-state index in [-0.39, 0.29) is 18.1 Å². The van der Waals surface area contributed by atoms with E-state index in [2.05, 4.69) is 10.3 Å². The summed E-state index contributed by atoms with van der Waals surface area (Å²) in [6, 6.07) is 9.73. The van der Waals surface area contributed by atoms with E-state index in [9.17, 15) is 19.7 Å². The molecule has 7 nitrogen and oxygen atoms in total. The topological polar surface area (TPSA) is 103 Å². The minimum absolute atomic E-state index is 0.0509. The highest BCUT2D eigenvalue weighted by molar-refractivity contribution is 6.45. The van der Waals surface area contributed by atoms with Crippen LogP contribution in [0, 0.1) is 17.3 Å². The number of carbonyl (C=O) groups excluding carboxylic acids is 1. The maximum atomic E-state index is 13.0. The number of aromatic nitrogens is 1. The van der Waals surface area contributed by atoms with Crippen LogP contribution in [0.2, 0.25) is 6.82 Å². The van der Waals surface area contributed by atoms with Crippen LogP contribution in [0.4, 0.5) is 5.82 Å². The Bertz CT molecular complexity index is 1030. The van der Waals surface area contributed by atoms with Gasteiger partial charge in [-0.15, -0.1) is 0 Å². The first kappa shape index (κ1) is 24.9. The van der Waals surface area contributed by atoms with Crippen molar-refractivity contribution in [2.45, 2.75) is 52.8 Å². The number of anilines is 1. The Labute approximate surface area is 196 Å². The van der Waals surface area contributed by atoms with Crippen LogP contribution in [0.3, 0.4) is 0 Å². The number of nitrogens with zero attached hydrogens (tertiary/aromatic N) is 2. The van der Waals surface area contributed by atoms with Gasteiger partial charge in [-0.2, -0.15) is 0 Å². The van der Waals surface area contributed by atoms with Gasteiger partial charge in [-0.25, -0.2) is 10.3 Å². The highest BCUT2D eigenvalue weighted by Gasteiger charge is 2.35. The standard InChI is InChI=1S/C25H34BN3O4/c1-25(2,22(30)16-20(24(31)32)18-7-5-6-8-18)14-13-17-9-10-19-11-12-23(27-21(19)15-17)29(4)28-26(3)33/h9-15,18,20,28,33H,5-8,16H2,1-4H3,(H,31,32)/b14-13+. The van der Waals surface area contributed by atoms with Gasteiger partial charge in [0.05, 0.1) is 11.4 Å². The number of hydrazine groups is 1. The molecule has 3 N–H and O–H groups in total. The van der Waals surface area contributed by atoms with Crippen molar-refractivity contribution < 1.29 is 19.7 Å². The van der Waals surface area contributed by atoms with E-state index in [1.54, 1.807) is 18.9 Å². The number of carbonyl (C=O) groups is 2. The number of ketones is 1. The number of fused-ring (bicyclic) bond motifs is 1. The summed E-state index contributed by atoms with van der Waals surface area (Å²) < 4.78 is 0. The monoisotopic (exact) mass is 451 g/mol. The van der Waals surface area contributed by atoms with Crippen LogP contribution in [-0.2, 0) is 9.59 Å². The Morgan fingerprint density at radius 2 is 1.94 bits per heavy atom. The van der Waals surface area contributed by atoms with Crippen LogP contribution in [0.5, 0.6) is 0 Å². The molecular weight excluding hydrogens is 417 g/mol. The van der Waals surface area contributed by atoms with Crippen molar-refractivity contribution in [2.24, 2.45) is 17.3 Å². The molecule has 1 atom stereocenters. The molecular formula is C25H34BN3O4. The minimum Gasteiger partial charge on any atom is -0.481 e. The van der Waals surface area contributed by atoms with E-state index in [1.165, 1.54) is 0 Å². The number of hydrogen-bond acceptors (Lipinski definition) is 6. The molecule has 1 aromatic heterocycles. The maximum Gasteiger partial charge on any atom is 0.392 e. The highest BCUT2D eigenvalue weighted by Crippen LogP contribution is 2.35. The van der Waals surface area contributed by atoms with Gasteiger partial charge < -0.3 is 15.1 Å². The quantitative estimate of drug-likeness (QED) is 0.368. The third kappa shape index (κ3) is 6.42. The lowest BCUT2D eigenvalue weighted by Gasteiger charge is -2.24. The van der Waals surface area contributed by atoms with Crippen molar-refractivity contribution in [3.63, 3.8) is 0 Å². The number of benzene rings is 1. The molecule has 0 aliphatic heterocycles. The lowest BCUT2D eigenvalue weighted by molar-refractivity contribution is -0.146. The van der Waals surface area contributed by atoms with Crippen LogP contribution >= 0.6 is 0 Å². The van der Waals surface area contributed by atoms with Gasteiger partial charge in [0.2, 0.25) is 0 Å². The number of aliphatic carboxylic acids is 1. The van der Waals surface area contributed by atoms with Gasteiger partial charge in [0.1, 0.15) is 11.6 Å². The van der Waals surface area contributed by atoms with Crippen LogP contribution < -0.4 is 10.3 Å². The van der Waals surface area contributed by atoms with Crippen LogP contribution in [0.1, 0.15) is 51.5 Å². The minimum atomic E-state index is -0.860. The summed E-state index contributed by atoms with van der Waals surface area (Å²) in [6.07, 6.45) is 7.72. The first-order valence-corrected chi connectivity index (χ1v) is 11.6. The van der Waals surface area contributed by atoms with Gasteiger partial charge >= 0.3 is 13.0 Å². The Kier molecular flexibility index (Phi) is 7.92. The summed E-state index contributed by atoms with van der Waals surface area (Å²) >= 11 is 0. The largest absolute Gasteiger partial charge is 0.481 e. The lowest BCUT2D eigenvalue weighted by Crippen LogP contribution is -2.44. The second-order valence-corrected chi connectivity index (χ2v) is 9.66. The van der Waals surface area contributed by atoms with Crippen molar-refractivity contribution in [3.8, 4) is 0 Å². The number of rotatable bonds is 10. The molecule has 2 aromatic rings. The molecule has 1 unspecified atom stereocenters. The van der Waals surface area contributed by atoms with Crippen LogP contribution in [-0.4, -0.2) is 41.0 Å². The molecule has 0 bridgehead atoms. The van der Waals surface area contributed by atoms with Crippen molar-refractivity contribution in [1.82, 2.24) is 10.3 Å². The third-order valence-corrected chi connectivity index (χ3v) is 6.53. The second kappa shape index (κ2) is 10.5. The van der Waals surface area contributed by atoms with E-state index < -0.39 is 24.4 Å². The Balaban J connectivity index is 1.75. The SMILES string of the molecule is CB(O)NN(C)c1ccc2ccc(/C=C/C(C)(C)C(=O)CC(C(=O)O)C3CCCC3)cc2n1. The molecule has 1 heterocycles.